The first-order valence-electron chi connectivity index (χ1n) is 16.6. The smallest absolute Gasteiger partial charge is 0.124 e. The molecular weight excluding hydrogens is 665 g/mol. The van der Waals surface area contributed by atoms with Crippen LogP contribution >= 0.6 is 34.0 Å². The third-order valence-corrected chi connectivity index (χ3v) is 12.7. The minimum atomic E-state index is 1.04. The molecule has 0 N–H and O–H groups in total. The summed E-state index contributed by atoms with van der Waals surface area (Å²) >= 11 is 5.43. The van der Waals surface area contributed by atoms with E-state index >= 15 is 0 Å². The maximum atomic E-state index is 4.92. The van der Waals surface area contributed by atoms with Gasteiger partial charge in [-0.2, -0.15) is 0 Å². The minimum absolute atomic E-state index is 1.04. The monoisotopic (exact) mass is 692 g/mol. The van der Waals surface area contributed by atoms with Crippen molar-refractivity contribution in [2.24, 2.45) is 0 Å². The fraction of sp³-hybridized carbons (Fsp3) is 0. The number of hydrogen-bond donors (Lipinski definition) is 0. The first kappa shape index (κ1) is 29.3. The van der Waals surface area contributed by atoms with Gasteiger partial charge in [0.25, 0.3) is 0 Å². The van der Waals surface area contributed by atoms with Gasteiger partial charge in [0.2, 0.25) is 0 Å². The van der Waals surface area contributed by atoms with E-state index in [0.717, 1.165) is 33.1 Å². The van der Waals surface area contributed by atoms with E-state index in [4.69, 9.17) is 4.98 Å². The van der Waals surface area contributed by atoms with Crippen LogP contribution in [0.3, 0.4) is 0 Å². The molecular formula is C45H28N2S3. The molecule has 3 aromatic heterocycles. The molecule has 10 rings (SSSR count). The van der Waals surface area contributed by atoms with Gasteiger partial charge in [0.15, 0.2) is 0 Å². The van der Waals surface area contributed by atoms with Crippen molar-refractivity contribution in [1.29, 1.82) is 0 Å². The van der Waals surface area contributed by atoms with Crippen molar-refractivity contribution in [2.45, 2.75) is 0 Å². The molecule has 2 nitrogen and oxygen atoms in total. The molecule has 0 aliphatic heterocycles. The number of fused-ring (bicyclic) bond motifs is 4. The van der Waals surface area contributed by atoms with Crippen LogP contribution in [-0.4, -0.2) is 4.98 Å². The summed E-state index contributed by atoms with van der Waals surface area (Å²) in [4.78, 5) is 9.85. The average molecular weight is 693 g/mol. The Morgan fingerprint density at radius 3 is 1.56 bits per heavy atom. The van der Waals surface area contributed by atoms with Gasteiger partial charge in [-0.15, -0.1) is 34.0 Å². The standard InChI is InChI=1S/C45H28N2S3/c1-4-10-40-32(7-1)27-43(48-40)30-16-20-36(21-17-30)47(37-22-18-31(19-23-37)45-46-39-9-3-6-12-42(39)50-45)38-24-15-29-13-14-34(25-35(29)26-38)44-28-33-8-2-5-11-41(33)49-44/h1-28H. The zero-order valence-corrected chi connectivity index (χ0v) is 29.2. The summed E-state index contributed by atoms with van der Waals surface area (Å²) in [5.41, 5.74) is 7.98. The first-order chi connectivity index (χ1) is 24.7. The summed E-state index contributed by atoms with van der Waals surface area (Å²) in [5, 5.41) is 6.07. The van der Waals surface area contributed by atoms with Crippen molar-refractivity contribution in [3.05, 3.63) is 170 Å². The molecule has 0 spiro atoms. The van der Waals surface area contributed by atoms with E-state index in [1.165, 1.54) is 56.5 Å². The zero-order chi connectivity index (χ0) is 33.0. The molecule has 0 aliphatic carbocycles. The summed E-state index contributed by atoms with van der Waals surface area (Å²) in [6, 6.07) is 61.7. The Kier molecular flexibility index (Phi) is 7.09. The quantitative estimate of drug-likeness (QED) is 0.172. The maximum absolute atomic E-state index is 4.92. The molecule has 7 aromatic carbocycles. The van der Waals surface area contributed by atoms with Crippen LogP contribution in [0, 0.1) is 0 Å². The molecule has 50 heavy (non-hydrogen) atoms. The van der Waals surface area contributed by atoms with E-state index < -0.39 is 0 Å². The number of thiazole rings is 1. The van der Waals surface area contributed by atoms with E-state index in [9.17, 15) is 0 Å². The molecule has 0 amide bonds. The van der Waals surface area contributed by atoms with Gasteiger partial charge in [0.05, 0.1) is 10.2 Å². The van der Waals surface area contributed by atoms with Gasteiger partial charge in [-0.1, -0.05) is 78.9 Å². The van der Waals surface area contributed by atoms with Crippen LogP contribution in [0.5, 0.6) is 0 Å². The lowest BCUT2D eigenvalue weighted by Gasteiger charge is -2.26. The third kappa shape index (κ3) is 5.28. The Balaban J connectivity index is 1.06. The Hall–Kier alpha value is -5.59. The number of thiophene rings is 2. The second-order valence-corrected chi connectivity index (χ2v) is 15.7. The van der Waals surface area contributed by atoms with Gasteiger partial charge in [0.1, 0.15) is 5.01 Å². The summed E-state index contributed by atoms with van der Waals surface area (Å²) in [6.07, 6.45) is 0. The fourth-order valence-electron chi connectivity index (χ4n) is 6.75. The maximum Gasteiger partial charge on any atom is 0.124 e. The normalized spacial score (nSPS) is 11.6. The van der Waals surface area contributed by atoms with Crippen molar-refractivity contribution >= 4 is 92.2 Å². The van der Waals surface area contributed by atoms with Gasteiger partial charge in [-0.05, 0) is 124 Å². The van der Waals surface area contributed by atoms with Gasteiger partial charge < -0.3 is 4.90 Å². The first-order valence-corrected chi connectivity index (χ1v) is 19.0. The van der Waals surface area contributed by atoms with E-state index in [0.29, 0.717) is 0 Å². The molecule has 0 fully saturated rings. The Bertz CT molecular complexity index is 2610. The number of nitrogens with zero attached hydrogens (tertiary/aromatic N) is 2. The van der Waals surface area contributed by atoms with Crippen LogP contribution in [0.15, 0.2) is 170 Å². The molecule has 3 heterocycles. The fourth-order valence-corrected chi connectivity index (χ4v) is 9.84. The van der Waals surface area contributed by atoms with Crippen molar-refractivity contribution in [2.75, 3.05) is 4.90 Å². The highest BCUT2D eigenvalue weighted by molar-refractivity contribution is 7.22. The number of anilines is 3. The topological polar surface area (TPSA) is 16.1 Å². The number of hydrogen-bond acceptors (Lipinski definition) is 5. The Morgan fingerprint density at radius 1 is 0.360 bits per heavy atom. The molecule has 0 atom stereocenters. The average Bonchev–Trinajstić information content (AvgIpc) is 3.92. The molecule has 0 radical (unpaired) electrons. The predicted octanol–water partition coefficient (Wildman–Crippen LogP) is 14.3. The number of para-hydroxylation sites is 1. The van der Waals surface area contributed by atoms with Crippen LogP contribution < -0.4 is 4.90 Å². The molecule has 5 heteroatoms. The molecule has 0 saturated heterocycles. The summed E-state index contributed by atoms with van der Waals surface area (Å²) in [6.45, 7) is 0. The molecule has 0 unspecified atom stereocenters. The second-order valence-electron chi connectivity index (χ2n) is 12.5. The predicted molar refractivity (Wildman–Crippen MR) is 219 cm³/mol. The summed E-state index contributed by atoms with van der Waals surface area (Å²) in [7, 11) is 0. The number of benzene rings is 7. The van der Waals surface area contributed by atoms with Crippen molar-refractivity contribution in [3.63, 3.8) is 0 Å². The molecule has 0 bridgehead atoms. The lowest BCUT2D eigenvalue weighted by atomic mass is 10.0. The van der Waals surface area contributed by atoms with Crippen LogP contribution in [-0.2, 0) is 0 Å². The summed E-state index contributed by atoms with van der Waals surface area (Å²) in [5.74, 6) is 0. The highest BCUT2D eigenvalue weighted by Gasteiger charge is 2.16. The lowest BCUT2D eigenvalue weighted by Crippen LogP contribution is -2.09. The van der Waals surface area contributed by atoms with Gasteiger partial charge >= 0.3 is 0 Å². The lowest BCUT2D eigenvalue weighted by molar-refractivity contribution is 1.29. The number of rotatable bonds is 6. The van der Waals surface area contributed by atoms with Gasteiger partial charge in [-0.3, -0.25) is 0 Å². The van der Waals surface area contributed by atoms with E-state index in [1.807, 2.05) is 28.7 Å². The Morgan fingerprint density at radius 2 is 0.900 bits per heavy atom. The summed E-state index contributed by atoms with van der Waals surface area (Å²) < 4.78 is 3.83. The minimum Gasteiger partial charge on any atom is -0.310 e. The molecule has 236 valence electrons. The van der Waals surface area contributed by atoms with Crippen molar-refractivity contribution in [3.8, 4) is 31.5 Å². The van der Waals surface area contributed by atoms with Crippen LogP contribution in [0.2, 0.25) is 0 Å². The van der Waals surface area contributed by atoms with E-state index in [1.54, 1.807) is 11.3 Å². The van der Waals surface area contributed by atoms with Gasteiger partial charge in [0, 0.05) is 41.8 Å². The second kappa shape index (κ2) is 12.1. The van der Waals surface area contributed by atoms with Crippen LogP contribution in [0.1, 0.15) is 0 Å². The van der Waals surface area contributed by atoms with Crippen LogP contribution in [0.4, 0.5) is 17.1 Å². The highest BCUT2D eigenvalue weighted by atomic mass is 32.1. The SMILES string of the molecule is c1ccc2sc(-c3ccc(N(c4ccc(-c5nc6ccccc6s5)cc4)c4ccc5ccc(-c6cc7ccccc7s6)cc5c4)cc3)cc2c1. The van der Waals surface area contributed by atoms with Gasteiger partial charge in [-0.25, -0.2) is 4.98 Å². The molecule has 0 aliphatic rings. The highest BCUT2D eigenvalue weighted by Crippen LogP contribution is 2.41. The Labute approximate surface area is 301 Å². The van der Waals surface area contributed by atoms with Crippen LogP contribution in [0.25, 0.3) is 72.6 Å². The molecule has 0 saturated carbocycles. The zero-order valence-electron chi connectivity index (χ0n) is 26.8. The number of aromatic nitrogens is 1. The molecule has 10 aromatic rings. The third-order valence-electron chi connectivity index (χ3n) is 9.29. The van der Waals surface area contributed by atoms with E-state index in [2.05, 4.69) is 169 Å². The van der Waals surface area contributed by atoms with Crippen molar-refractivity contribution in [1.82, 2.24) is 4.98 Å². The van der Waals surface area contributed by atoms with Crippen molar-refractivity contribution < 1.29 is 0 Å². The largest absolute Gasteiger partial charge is 0.310 e. The van der Waals surface area contributed by atoms with E-state index in [-0.39, 0.29) is 0 Å².